The topological polar surface area (TPSA) is 108 Å². The van der Waals surface area contributed by atoms with Crippen molar-refractivity contribution in [1.29, 1.82) is 0 Å². The molecule has 2 N–H and O–H groups in total. The Labute approximate surface area is 201 Å². The van der Waals surface area contributed by atoms with Gasteiger partial charge in [-0.3, -0.25) is 14.3 Å². The van der Waals surface area contributed by atoms with E-state index in [4.69, 9.17) is 34.8 Å². The Morgan fingerprint density at radius 3 is 2.19 bits per heavy atom. The third-order valence-electron chi connectivity index (χ3n) is 4.22. The van der Waals surface area contributed by atoms with Crippen molar-refractivity contribution in [2.75, 3.05) is 14.9 Å². The second-order valence-corrected chi connectivity index (χ2v) is 10.2. The number of nitrogens with zero attached hydrogens (tertiary/aromatic N) is 2. The molecule has 0 fully saturated rings. The van der Waals surface area contributed by atoms with Crippen molar-refractivity contribution in [3.8, 4) is 0 Å². The van der Waals surface area contributed by atoms with Crippen LogP contribution in [0.15, 0.2) is 69.7 Å². The average molecular weight is 530 g/mol. The summed E-state index contributed by atoms with van der Waals surface area (Å²) < 4.78 is 27.2. The smallest absolute Gasteiger partial charge is 0.283 e. The fourth-order valence-corrected chi connectivity index (χ4v) is 5.34. The Kier molecular flexibility index (Phi) is 6.15. The molecule has 4 rings (SSSR count). The first-order chi connectivity index (χ1) is 15.2. The first-order valence-electron chi connectivity index (χ1n) is 8.70. The van der Waals surface area contributed by atoms with Crippen molar-refractivity contribution >= 4 is 84.5 Å². The number of carbonyl (C=O) groups excluding carboxylic acids is 2. The van der Waals surface area contributed by atoms with Gasteiger partial charge in [0.15, 0.2) is 5.13 Å². The van der Waals surface area contributed by atoms with Crippen LogP contribution in [0.25, 0.3) is 0 Å². The summed E-state index contributed by atoms with van der Waals surface area (Å²) in [6, 6.07) is 9.82. The zero-order chi connectivity index (χ0) is 23.0. The highest BCUT2D eigenvalue weighted by Gasteiger charge is 2.39. The summed E-state index contributed by atoms with van der Waals surface area (Å²) in [4.78, 5) is 30.2. The molecular weight excluding hydrogens is 519 g/mol. The minimum absolute atomic E-state index is 0.0117. The number of anilines is 3. The lowest BCUT2D eigenvalue weighted by atomic mass is 10.3. The van der Waals surface area contributed by atoms with Crippen LogP contribution in [0.4, 0.5) is 16.5 Å². The van der Waals surface area contributed by atoms with Gasteiger partial charge in [-0.15, -0.1) is 11.3 Å². The maximum absolute atomic E-state index is 12.9. The van der Waals surface area contributed by atoms with Gasteiger partial charge in [0, 0.05) is 27.3 Å². The van der Waals surface area contributed by atoms with Crippen molar-refractivity contribution in [1.82, 2.24) is 4.98 Å². The number of nitrogens with one attached hydrogen (secondary N) is 2. The minimum Gasteiger partial charge on any atom is -0.350 e. The maximum atomic E-state index is 12.9. The predicted octanol–water partition coefficient (Wildman–Crippen LogP) is 4.69. The van der Waals surface area contributed by atoms with Gasteiger partial charge in [-0.25, -0.2) is 18.3 Å². The lowest BCUT2D eigenvalue weighted by molar-refractivity contribution is -0.120. The van der Waals surface area contributed by atoms with E-state index in [0.717, 1.165) is 16.2 Å². The molecule has 0 unspecified atom stereocenters. The molecule has 0 saturated heterocycles. The predicted molar refractivity (Wildman–Crippen MR) is 125 cm³/mol. The third-order valence-corrected chi connectivity index (χ3v) is 7.18. The minimum atomic E-state index is -3.83. The van der Waals surface area contributed by atoms with E-state index in [0.29, 0.717) is 5.69 Å². The van der Waals surface area contributed by atoms with Crippen molar-refractivity contribution in [3.05, 3.63) is 74.8 Å². The van der Waals surface area contributed by atoms with E-state index in [1.54, 1.807) is 5.38 Å². The van der Waals surface area contributed by atoms with Gasteiger partial charge in [-0.1, -0.05) is 34.8 Å². The molecule has 8 nitrogen and oxygen atoms in total. The number of benzene rings is 2. The van der Waals surface area contributed by atoms with Crippen LogP contribution < -0.4 is 14.9 Å². The summed E-state index contributed by atoms with van der Waals surface area (Å²) in [6.07, 6.45) is 1.48. The number of carbonyl (C=O) groups is 2. The summed E-state index contributed by atoms with van der Waals surface area (Å²) >= 11 is 19.2. The van der Waals surface area contributed by atoms with Gasteiger partial charge in [0.1, 0.15) is 10.7 Å². The van der Waals surface area contributed by atoms with Crippen LogP contribution in [0.5, 0.6) is 0 Å². The van der Waals surface area contributed by atoms with E-state index < -0.39 is 21.8 Å². The molecule has 2 aromatic carbocycles. The van der Waals surface area contributed by atoms with Crippen LogP contribution in [0.2, 0.25) is 10.0 Å². The number of amides is 2. The third kappa shape index (κ3) is 4.45. The van der Waals surface area contributed by atoms with Gasteiger partial charge in [-0.05, 0) is 42.5 Å². The molecule has 0 saturated carbocycles. The molecule has 3 aromatic rings. The molecule has 13 heteroatoms. The molecule has 0 radical (unpaired) electrons. The normalized spacial score (nSPS) is 14.3. The fraction of sp³-hybridized carbons (Fsp3) is 0. The fourth-order valence-electron chi connectivity index (χ4n) is 2.82. The molecule has 0 aliphatic carbocycles. The Bertz CT molecular complexity index is 1340. The molecule has 0 spiro atoms. The molecule has 1 aliphatic rings. The van der Waals surface area contributed by atoms with E-state index in [1.807, 2.05) is 0 Å². The largest absolute Gasteiger partial charge is 0.350 e. The van der Waals surface area contributed by atoms with Crippen molar-refractivity contribution in [2.45, 2.75) is 4.90 Å². The molecule has 32 heavy (non-hydrogen) atoms. The molecule has 2 heterocycles. The van der Waals surface area contributed by atoms with Crippen molar-refractivity contribution in [3.63, 3.8) is 0 Å². The van der Waals surface area contributed by atoms with E-state index in [-0.39, 0.29) is 36.5 Å². The second-order valence-electron chi connectivity index (χ2n) is 6.35. The molecule has 1 aliphatic heterocycles. The summed E-state index contributed by atoms with van der Waals surface area (Å²) in [7, 11) is -3.83. The Hall–Kier alpha value is -2.63. The zero-order valence-electron chi connectivity index (χ0n) is 15.7. The van der Waals surface area contributed by atoms with Gasteiger partial charge in [0.05, 0.1) is 10.6 Å². The summed E-state index contributed by atoms with van der Waals surface area (Å²) in [5.74, 6) is -1.45. The second kappa shape index (κ2) is 8.72. The van der Waals surface area contributed by atoms with Crippen molar-refractivity contribution in [2.24, 2.45) is 0 Å². The summed E-state index contributed by atoms with van der Waals surface area (Å²) in [5.41, 5.74) is 0.352. The monoisotopic (exact) mass is 528 g/mol. The standard InChI is InChI=1S/C19H11Cl3N4O4S2/c20-10-7-11(21)9-13(8-10)26-17(27)15(22)16(18(26)28)24-12-1-3-14(4-2-12)32(29,30)25-19-23-5-6-31-19/h1-9,24H,(H,23,25). The molecular formula is C19H11Cl3N4O4S2. The maximum Gasteiger partial charge on any atom is 0.283 e. The van der Waals surface area contributed by atoms with E-state index in [2.05, 4.69) is 15.0 Å². The quantitative estimate of drug-likeness (QED) is 0.449. The molecule has 2 amide bonds. The van der Waals surface area contributed by atoms with Crippen molar-refractivity contribution < 1.29 is 18.0 Å². The Balaban J connectivity index is 1.55. The highest BCUT2D eigenvalue weighted by atomic mass is 35.5. The van der Waals surface area contributed by atoms with Crippen LogP contribution in [0, 0.1) is 0 Å². The van der Waals surface area contributed by atoms with E-state index in [9.17, 15) is 18.0 Å². The first-order valence-corrected chi connectivity index (χ1v) is 12.2. The first kappa shape index (κ1) is 22.6. The van der Waals surface area contributed by atoms with Crippen LogP contribution in [0.1, 0.15) is 0 Å². The van der Waals surface area contributed by atoms with Gasteiger partial charge >= 0.3 is 0 Å². The summed E-state index contributed by atoms with van der Waals surface area (Å²) in [6.45, 7) is 0. The number of sulfonamides is 1. The van der Waals surface area contributed by atoms with Gasteiger partial charge in [0.25, 0.3) is 21.8 Å². The van der Waals surface area contributed by atoms with Crippen LogP contribution in [-0.4, -0.2) is 25.2 Å². The number of thiazole rings is 1. The Morgan fingerprint density at radius 1 is 0.938 bits per heavy atom. The molecule has 1 aromatic heterocycles. The highest BCUT2D eigenvalue weighted by Crippen LogP contribution is 2.33. The number of rotatable bonds is 6. The lowest BCUT2D eigenvalue weighted by Gasteiger charge is -2.16. The average Bonchev–Trinajstić information content (AvgIpc) is 3.30. The van der Waals surface area contributed by atoms with Crippen LogP contribution in [-0.2, 0) is 19.6 Å². The highest BCUT2D eigenvalue weighted by molar-refractivity contribution is 7.93. The van der Waals surface area contributed by atoms with Crippen LogP contribution in [0.3, 0.4) is 0 Å². The Morgan fingerprint density at radius 2 is 1.59 bits per heavy atom. The number of imide groups is 1. The van der Waals surface area contributed by atoms with E-state index in [1.165, 1.54) is 48.7 Å². The number of aromatic nitrogens is 1. The molecule has 164 valence electrons. The number of halogens is 3. The van der Waals surface area contributed by atoms with E-state index >= 15 is 0 Å². The molecule has 0 bridgehead atoms. The zero-order valence-corrected chi connectivity index (χ0v) is 19.6. The van der Waals surface area contributed by atoms with Gasteiger partial charge in [0.2, 0.25) is 0 Å². The summed E-state index contributed by atoms with van der Waals surface area (Å²) in [5, 5.41) is 4.81. The van der Waals surface area contributed by atoms with Gasteiger partial charge in [-0.2, -0.15) is 0 Å². The number of hydrogen-bond acceptors (Lipinski definition) is 7. The number of hydrogen-bond donors (Lipinski definition) is 2. The molecule has 0 atom stereocenters. The van der Waals surface area contributed by atoms with Crippen LogP contribution >= 0.6 is 46.1 Å². The SMILES string of the molecule is O=C1C(Cl)=C(Nc2ccc(S(=O)(=O)Nc3nccs3)cc2)C(=O)N1c1cc(Cl)cc(Cl)c1. The van der Waals surface area contributed by atoms with Gasteiger partial charge < -0.3 is 5.32 Å². The lowest BCUT2D eigenvalue weighted by Crippen LogP contribution is -2.32.